The number of hydrogen-bond acceptors (Lipinski definition) is 5. The molecular formula is C20H27N5OS. The molecule has 2 atom stereocenters. The fourth-order valence-corrected chi connectivity index (χ4v) is 5.22. The molecule has 0 N–H and O–H groups in total. The van der Waals surface area contributed by atoms with Gasteiger partial charge >= 0.3 is 0 Å². The predicted octanol–water partition coefficient (Wildman–Crippen LogP) is 3.41. The molecule has 1 saturated carbocycles. The number of carbonyl (C=O) groups excluding carboxylic acids is 1. The summed E-state index contributed by atoms with van der Waals surface area (Å²) in [5.41, 5.74) is 3.32. The summed E-state index contributed by atoms with van der Waals surface area (Å²) >= 11 is 1.43. The van der Waals surface area contributed by atoms with Crippen molar-refractivity contribution in [2.45, 2.75) is 51.1 Å². The highest BCUT2D eigenvalue weighted by atomic mass is 32.2. The smallest absolute Gasteiger partial charge is 0.233 e. The second kappa shape index (κ2) is 8.00. The highest BCUT2D eigenvalue weighted by Gasteiger charge is 2.32. The quantitative estimate of drug-likeness (QED) is 0.755. The molecule has 1 amide bonds. The Morgan fingerprint density at radius 2 is 2.00 bits per heavy atom. The highest BCUT2D eigenvalue weighted by Crippen LogP contribution is 2.36. The van der Waals surface area contributed by atoms with E-state index in [2.05, 4.69) is 40.3 Å². The van der Waals surface area contributed by atoms with Crippen LogP contribution in [0.3, 0.4) is 0 Å². The van der Waals surface area contributed by atoms with Crippen LogP contribution in [0.2, 0.25) is 0 Å². The van der Waals surface area contributed by atoms with Gasteiger partial charge < -0.3 is 4.90 Å². The first kappa shape index (κ1) is 18.5. The lowest BCUT2D eigenvalue weighted by Crippen LogP contribution is -2.45. The number of fused-ring (bicyclic) bond motifs is 1. The van der Waals surface area contributed by atoms with Gasteiger partial charge in [0.2, 0.25) is 11.1 Å². The summed E-state index contributed by atoms with van der Waals surface area (Å²) in [4.78, 5) is 14.8. The second-order valence-electron chi connectivity index (χ2n) is 7.81. The molecule has 144 valence electrons. The molecule has 0 spiro atoms. The minimum Gasteiger partial charge on any atom is -0.342 e. The van der Waals surface area contributed by atoms with Gasteiger partial charge in [-0.05, 0) is 66.1 Å². The second-order valence-corrected chi connectivity index (χ2v) is 8.76. The summed E-state index contributed by atoms with van der Waals surface area (Å²) in [6.07, 6.45) is 6.49. The fourth-order valence-electron chi connectivity index (χ4n) is 4.43. The molecule has 2 aromatic rings. The molecule has 1 aliphatic carbocycles. The van der Waals surface area contributed by atoms with Gasteiger partial charge in [0.05, 0.1) is 11.4 Å². The van der Waals surface area contributed by atoms with Crippen molar-refractivity contribution in [3.8, 4) is 5.69 Å². The van der Waals surface area contributed by atoms with Crippen molar-refractivity contribution in [2.75, 3.05) is 18.8 Å². The minimum absolute atomic E-state index is 0.208. The molecule has 1 aromatic heterocycles. The van der Waals surface area contributed by atoms with Crippen molar-refractivity contribution in [3.05, 3.63) is 29.3 Å². The lowest BCUT2D eigenvalue weighted by atomic mass is 9.75. The Balaban J connectivity index is 1.40. The van der Waals surface area contributed by atoms with Crippen molar-refractivity contribution in [1.29, 1.82) is 0 Å². The molecule has 2 aliphatic rings. The van der Waals surface area contributed by atoms with E-state index in [9.17, 15) is 4.79 Å². The van der Waals surface area contributed by atoms with Crippen LogP contribution >= 0.6 is 11.8 Å². The van der Waals surface area contributed by atoms with Gasteiger partial charge in [-0.25, -0.2) is 0 Å². The summed E-state index contributed by atoms with van der Waals surface area (Å²) < 4.78 is 1.74. The van der Waals surface area contributed by atoms with Gasteiger partial charge in [-0.15, -0.1) is 5.10 Å². The molecule has 0 radical (unpaired) electrons. The van der Waals surface area contributed by atoms with Crippen LogP contribution in [0.5, 0.6) is 0 Å². The number of tetrazole rings is 1. The van der Waals surface area contributed by atoms with Crippen LogP contribution in [0.15, 0.2) is 23.4 Å². The van der Waals surface area contributed by atoms with Gasteiger partial charge in [0.1, 0.15) is 0 Å². The molecule has 6 nitrogen and oxygen atoms in total. The number of amides is 1. The fraction of sp³-hybridized carbons (Fsp3) is 0.600. The van der Waals surface area contributed by atoms with E-state index in [1.165, 1.54) is 49.4 Å². The maximum absolute atomic E-state index is 12.8. The van der Waals surface area contributed by atoms with E-state index in [0.717, 1.165) is 30.3 Å². The summed E-state index contributed by atoms with van der Waals surface area (Å²) in [7, 11) is 0. The lowest BCUT2D eigenvalue weighted by molar-refractivity contribution is -0.131. The number of nitrogens with zero attached hydrogens (tertiary/aromatic N) is 5. The zero-order valence-electron chi connectivity index (χ0n) is 16.1. The number of piperidine rings is 1. The van der Waals surface area contributed by atoms with Crippen molar-refractivity contribution in [1.82, 2.24) is 25.1 Å². The zero-order valence-corrected chi connectivity index (χ0v) is 16.9. The normalized spacial score (nSPS) is 22.5. The molecule has 4 rings (SSSR count). The predicted molar refractivity (Wildman–Crippen MR) is 106 cm³/mol. The van der Waals surface area contributed by atoms with E-state index in [4.69, 9.17) is 0 Å². The summed E-state index contributed by atoms with van der Waals surface area (Å²) in [6, 6.07) is 6.10. The maximum atomic E-state index is 12.8. The molecule has 2 heterocycles. The van der Waals surface area contributed by atoms with Crippen LogP contribution in [0.1, 0.15) is 43.2 Å². The van der Waals surface area contributed by atoms with Gasteiger partial charge in [-0.2, -0.15) is 4.68 Å². The Kier molecular flexibility index (Phi) is 5.48. The Morgan fingerprint density at radius 3 is 2.85 bits per heavy atom. The summed E-state index contributed by atoms with van der Waals surface area (Å²) in [6.45, 7) is 5.99. The van der Waals surface area contributed by atoms with Crippen LogP contribution in [0.4, 0.5) is 0 Å². The van der Waals surface area contributed by atoms with Gasteiger partial charge in [0.15, 0.2) is 0 Å². The van der Waals surface area contributed by atoms with Crippen LogP contribution in [-0.4, -0.2) is 49.9 Å². The van der Waals surface area contributed by atoms with Crippen molar-refractivity contribution in [3.63, 3.8) is 0 Å². The number of thioether (sulfide) groups is 1. The highest BCUT2D eigenvalue weighted by molar-refractivity contribution is 7.99. The number of aromatic nitrogens is 4. The van der Waals surface area contributed by atoms with Crippen LogP contribution in [0.25, 0.3) is 5.69 Å². The van der Waals surface area contributed by atoms with E-state index < -0.39 is 0 Å². The Morgan fingerprint density at radius 1 is 1.19 bits per heavy atom. The lowest BCUT2D eigenvalue weighted by Gasteiger charge is -2.41. The van der Waals surface area contributed by atoms with E-state index in [0.29, 0.717) is 16.8 Å². The molecule has 0 unspecified atom stereocenters. The number of benzene rings is 1. The van der Waals surface area contributed by atoms with Gasteiger partial charge in [0.25, 0.3) is 0 Å². The first-order valence-corrected chi connectivity index (χ1v) is 10.9. The molecule has 2 fully saturated rings. The number of hydrogen-bond donors (Lipinski definition) is 0. The van der Waals surface area contributed by atoms with E-state index >= 15 is 0 Å². The van der Waals surface area contributed by atoms with Gasteiger partial charge in [-0.1, -0.05) is 43.2 Å². The number of rotatable bonds is 4. The van der Waals surface area contributed by atoms with Crippen molar-refractivity contribution < 1.29 is 4.79 Å². The largest absolute Gasteiger partial charge is 0.342 e. The SMILES string of the molecule is Cc1cccc(-n2nnnc2SCC(=O)N2CC[C@@H]3CCCC[C@@H]3C2)c1C. The first-order chi connectivity index (χ1) is 13.1. The molecular weight excluding hydrogens is 358 g/mol. The Labute approximate surface area is 164 Å². The molecule has 0 bridgehead atoms. The van der Waals surface area contributed by atoms with E-state index in [1.807, 2.05) is 12.1 Å². The number of carbonyl (C=O) groups is 1. The zero-order chi connectivity index (χ0) is 18.8. The third kappa shape index (κ3) is 3.88. The molecule has 7 heteroatoms. The first-order valence-electron chi connectivity index (χ1n) is 9.89. The summed E-state index contributed by atoms with van der Waals surface area (Å²) in [5, 5.41) is 12.8. The van der Waals surface area contributed by atoms with Gasteiger partial charge in [-0.3, -0.25) is 4.79 Å². The van der Waals surface area contributed by atoms with Crippen molar-refractivity contribution >= 4 is 17.7 Å². The molecule has 1 aliphatic heterocycles. The average molecular weight is 386 g/mol. The van der Waals surface area contributed by atoms with Crippen LogP contribution in [0, 0.1) is 25.7 Å². The van der Waals surface area contributed by atoms with Gasteiger partial charge in [0, 0.05) is 13.1 Å². The maximum Gasteiger partial charge on any atom is 0.233 e. The molecule has 27 heavy (non-hydrogen) atoms. The van der Waals surface area contributed by atoms with E-state index in [-0.39, 0.29) is 5.91 Å². The topological polar surface area (TPSA) is 63.9 Å². The third-order valence-corrected chi connectivity index (χ3v) is 7.12. The molecule has 1 saturated heterocycles. The monoisotopic (exact) mass is 385 g/mol. The number of aryl methyl sites for hydroxylation is 1. The van der Waals surface area contributed by atoms with Crippen LogP contribution in [-0.2, 0) is 4.79 Å². The number of likely N-dealkylation sites (tertiary alicyclic amines) is 1. The molecule has 1 aromatic carbocycles. The third-order valence-electron chi connectivity index (χ3n) is 6.21. The van der Waals surface area contributed by atoms with Crippen LogP contribution < -0.4 is 0 Å². The van der Waals surface area contributed by atoms with Crippen molar-refractivity contribution in [2.24, 2.45) is 11.8 Å². The average Bonchev–Trinajstić information content (AvgIpc) is 3.16. The summed E-state index contributed by atoms with van der Waals surface area (Å²) in [5.74, 6) is 2.15. The van der Waals surface area contributed by atoms with E-state index in [1.54, 1.807) is 4.68 Å². The standard InChI is InChI=1S/C20H27N5OS/c1-14-6-5-9-18(15(14)2)25-20(21-22-23-25)27-13-19(26)24-11-10-16-7-3-4-8-17(16)12-24/h5-6,9,16-17H,3-4,7-8,10-13H2,1-2H3/t16-,17+/m0/s1. The Hall–Kier alpha value is -1.89. The Bertz CT molecular complexity index is 820. The minimum atomic E-state index is 0.208.